The van der Waals surface area contributed by atoms with E-state index < -0.39 is 5.97 Å². The van der Waals surface area contributed by atoms with Crippen LogP contribution in [0.3, 0.4) is 0 Å². The van der Waals surface area contributed by atoms with Crippen molar-refractivity contribution in [3.63, 3.8) is 0 Å². The van der Waals surface area contributed by atoms with Gasteiger partial charge in [-0.25, -0.2) is 0 Å². The van der Waals surface area contributed by atoms with Crippen LogP contribution >= 0.6 is 0 Å². The minimum atomic E-state index is -0.797. The van der Waals surface area contributed by atoms with Gasteiger partial charge < -0.3 is 10.4 Å². The molecule has 0 saturated heterocycles. The molecule has 0 saturated carbocycles. The lowest BCUT2D eigenvalue weighted by Crippen LogP contribution is -2.22. The Balaban J connectivity index is 3.43. The summed E-state index contributed by atoms with van der Waals surface area (Å²) in [6.07, 6.45) is 8.14. The van der Waals surface area contributed by atoms with Crippen LogP contribution in [-0.4, -0.2) is 23.5 Å². The second-order valence-electron chi connectivity index (χ2n) is 3.03. The highest BCUT2D eigenvalue weighted by atomic mass is 16.4. The maximum absolute atomic E-state index is 11.1. The van der Waals surface area contributed by atoms with Crippen molar-refractivity contribution < 1.29 is 14.7 Å². The molecule has 0 aliphatic carbocycles. The van der Waals surface area contributed by atoms with Crippen LogP contribution in [0.25, 0.3) is 0 Å². The Morgan fingerprint density at radius 3 is 2.60 bits per heavy atom. The Labute approximate surface area is 89.7 Å². The highest BCUT2D eigenvalue weighted by molar-refractivity contribution is 5.87. The predicted molar refractivity (Wildman–Crippen MR) is 58.5 cm³/mol. The molecule has 4 nitrogen and oxygen atoms in total. The first-order chi connectivity index (χ1) is 7.16. The first kappa shape index (κ1) is 13.4. The van der Waals surface area contributed by atoms with Gasteiger partial charge in [-0.2, -0.15) is 0 Å². The van der Waals surface area contributed by atoms with Crippen molar-refractivity contribution in [3.05, 3.63) is 24.3 Å². The zero-order valence-corrected chi connectivity index (χ0v) is 8.90. The third kappa shape index (κ3) is 10.3. The SMILES string of the molecule is C/C=C/C=C/C(=O)NCCCCC(=O)O. The summed E-state index contributed by atoms with van der Waals surface area (Å²) in [5, 5.41) is 11.0. The van der Waals surface area contributed by atoms with Gasteiger partial charge in [0.05, 0.1) is 0 Å². The Morgan fingerprint density at radius 1 is 1.27 bits per heavy atom. The van der Waals surface area contributed by atoms with Crippen molar-refractivity contribution in [2.24, 2.45) is 0 Å². The van der Waals surface area contributed by atoms with Gasteiger partial charge in [0.15, 0.2) is 0 Å². The third-order valence-electron chi connectivity index (χ3n) is 1.67. The summed E-state index contributed by atoms with van der Waals surface area (Å²) in [5.74, 6) is -0.947. The number of allylic oxidation sites excluding steroid dienone is 3. The highest BCUT2D eigenvalue weighted by Gasteiger charge is 1.97. The average molecular weight is 211 g/mol. The molecule has 4 heteroatoms. The molecule has 0 radical (unpaired) electrons. The number of carbonyl (C=O) groups is 2. The number of hydrogen-bond acceptors (Lipinski definition) is 2. The minimum absolute atomic E-state index is 0.150. The summed E-state index contributed by atoms with van der Waals surface area (Å²) in [6.45, 7) is 2.39. The zero-order valence-electron chi connectivity index (χ0n) is 8.90. The summed E-state index contributed by atoms with van der Waals surface area (Å²) < 4.78 is 0. The number of rotatable bonds is 7. The van der Waals surface area contributed by atoms with E-state index >= 15 is 0 Å². The summed E-state index contributed by atoms with van der Waals surface area (Å²) in [4.78, 5) is 21.2. The smallest absolute Gasteiger partial charge is 0.303 e. The normalized spacial score (nSPS) is 11.0. The molecular formula is C11H17NO3. The van der Waals surface area contributed by atoms with E-state index in [9.17, 15) is 9.59 Å². The van der Waals surface area contributed by atoms with E-state index in [-0.39, 0.29) is 12.3 Å². The molecule has 1 amide bonds. The molecular weight excluding hydrogens is 194 g/mol. The van der Waals surface area contributed by atoms with E-state index in [0.29, 0.717) is 19.4 Å². The second-order valence-corrected chi connectivity index (χ2v) is 3.03. The van der Waals surface area contributed by atoms with Crippen molar-refractivity contribution in [2.75, 3.05) is 6.54 Å². The maximum atomic E-state index is 11.1. The number of carbonyl (C=O) groups excluding carboxylic acids is 1. The van der Waals surface area contributed by atoms with Crippen molar-refractivity contribution in [3.8, 4) is 0 Å². The molecule has 0 rings (SSSR count). The van der Waals surface area contributed by atoms with Crippen molar-refractivity contribution in [1.29, 1.82) is 0 Å². The average Bonchev–Trinajstić information content (AvgIpc) is 2.17. The Kier molecular flexibility index (Phi) is 8.05. The summed E-state index contributed by atoms with van der Waals surface area (Å²) in [6, 6.07) is 0. The highest BCUT2D eigenvalue weighted by Crippen LogP contribution is 1.93. The number of nitrogens with one attached hydrogen (secondary N) is 1. The number of amides is 1. The fourth-order valence-corrected chi connectivity index (χ4v) is 0.926. The van der Waals surface area contributed by atoms with Gasteiger partial charge in [-0.1, -0.05) is 18.2 Å². The van der Waals surface area contributed by atoms with E-state index in [1.165, 1.54) is 6.08 Å². The van der Waals surface area contributed by atoms with E-state index in [4.69, 9.17) is 5.11 Å². The molecule has 0 aromatic heterocycles. The van der Waals surface area contributed by atoms with E-state index in [2.05, 4.69) is 5.32 Å². The molecule has 0 aliphatic heterocycles. The van der Waals surface area contributed by atoms with Gasteiger partial charge in [0.25, 0.3) is 0 Å². The van der Waals surface area contributed by atoms with E-state index in [0.717, 1.165) is 0 Å². The molecule has 0 aromatic rings. The molecule has 0 atom stereocenters. The van der Waals surface area contributed by atoms with Gasteiger partial charge in [-0.05, 0) is 19.8 Å². The van der Waals surface area contributed by atoms with Crippen LogP contribution in [0.15, 0.2) is 24.3 Å². The monoisotopic (exact) mass is 211 g/mol. The fourth-order valence-electron chi connectivity index (χ4n) is 0.926. The molecule has 0 fully saturated rings. The number of aliphatic carboxylic acids is 1. The van der Waals surface area contributed by atoms with Gasteiger partial charge >= 0.3 is 5.97 Å². The lowest BCUT2D eigenvalue weighted by Gasteiger charge is -2.00. The van der Waals surface area contributed by atoms with Gasteiger partial charge in [0.2, 0.25) is 5.91 Å². The van der Waals surface area contributed by atoms with Gasteiger partial charge in [-0.15, -0.1) is 0 Å². The molecule has 15 heavy (non-hydrogen) atoms. The zero-order chi connectivity index (χ0) is 11.5. The standard InChI is InChI=1S/C11H17NO3/c1-2-3-4-7-10(13)12-9-6-5-8-11(14)15/h2-4,7H,5-6,8-9H2,1H3,(H,12,13)(H,14,15)/b3-2+,7-4+. The van der Waals surface area contributed by atoms with Crippen LogP contribution in [-0.2, 0) is 9.59 Å². The molecule has 0 aliphatic rings. The fraction of sp³-hybridized carbons (Fsp3) is 0.455. The number of carboxylic acids is 1. The van der Waals surface area contributed by atoms with Gasteiger partial charge in [0.1, 0.15) is 0 Å². The molecule has 0 unspecified atom stereocenters. The van der Waals surface area contributed by atoms with Gasteiger partial charge in [-0.3, -0.25) is 9.59 Å². The van der Waals surface area contributed by atoms with Crippen LogP contribution in [0.2, 0.25) is 0 Å². The van der Waals surface area contributed by atoms with Crippen molar-refractivity contribution in [2.45, 2.75) is 26.2 Å². The van der Waals surface area contributed by atoms with Crippen molar-refractivity contribution in [1.82, 2.24) is 5.32 Å². The largest absolute Gasteiger partial charge is 0.481 e. The predicted octanol–water partition coefficient (Wildman–Crippen LogP) is 1.49. The van der Waals surface area contributed by atoms with Crippen LogP contribution in [0.1, 0.15) is 26.2 Å². The molecule has 0 heterocycles. The lowest BCUT2D eigenvalue weighted by molar-refractivity contribution is -0.137. The summed E-state index contributed by atoms with van der Waals surface area (Å²) >= 11 is 0. The van der Waals surface area contributed by atoms with Gasteiger partial charge in [0, 0.05) is 19.0 Å². The first-order valence-corrected chi connectivity index (χ1v) is 4.95. The third-order valence-corrected chi connectivity index (χ3v) is 1.67. The van der Waals surface area contributed by atoms with Crippen LogP contribution in [0.5, 0.6) is 0 Å². The topological polar surface area (TPSA) is 66.4 Å². The van der Waals surface area contributed by atoms with Crippen LogP contribution < -0.4 is 5.32 Å². The van der Waals surface area contributed by atoms with Crippen LogP contribution in [0, 0.1) is 0 Å². The Bertz CT molecular complexity index is 257. The molecule has 0 bridgehead atoms. The molecule has 0 aromatic carbocycles. The Hall–Kier alpha value is -1.58. The quantitative estimate of drug-likeness (QED) is 0.381. The summed E-state index contributed by atoms with van der Waals surface area (Å²) in [7, 11) is 0. The van der Waals surface area contributed by atoms with Crippen molar-refractivity contribution >= 4 is 11.9 Å². The maximum Gasteiger partial charge on any atom is 0.303 e. The number of carboxylic acid groups (broad SMARTS) is 1. The van der Waals surface area contributed by atoms with E-state index in [1.807, 2.05) is 13.0 Å². The Morgan fingerprint density at radius 2 is 2.00 bits per heavy atom. The lowest BCUT2D eigenvalue weighted by atomic mass is 10.2. The molecule has 2 N–H and O–H groups in total. The summed E-state index contributed by atoms with van der Waals surface area (Å²) in [5.41, 5.74) is 0. The number of unbranched alkanes of at least 4 members (excludes halogenated alkanes) is 1. The molecule has 84 valence electrons. The second kappa shape index (κ2) is 8.99. The van der Waals surface area contributed by atoms with E-state index in [1.54, 1.807) is 12.2 Å². The number of hydrogen-bond donors (Lipinski definition) is 2. The molecule has 0 spiro atoms. The first-order valence-electron chi connectivity index (χ1n) is 4.95. The minimum Gasteiger partial charge on any atom is -0.481 e. The van der Waals surface area contributed by atoms with Crippen LogP contribution in [0.4, 0.5) is 0 Å².